The van der Waals surface area contributed by atoms with Crippen molar-refractivity contribution in [2.75, 3.05) is 11.9 Å². The van der Waals surface area contributed by atoms with E-state index in [0.29, 0.717) is 16.1 Å². The van der Waals surface area contributed by atoms with Crippen LogP contribution in [0, 0.1) is 5.92 Å². The molecule has 100 valence electrons. The number of carbonyl (C=O) groups excluding carboxylic acids is 1. The summed E-state index contributed by atoms with van der Waals surface area (Å²) in [5, 5.41) is 7.41. The Hall–Kier alpha value is -1.17. The first-order valence-electron chi connectivity index (χ1n) is 6.24. The first kappa shape index (κ1) is 12.8. The summed E-state index contributed by atoms with van der Waals surface area (Å²) in [4.78, 5) is 16.5. The first-order valence-corrected chi connectivity index (χ1v) is 7.43. The van der Waals surface area contributed by atoms with Gasteiger partial charge >= 0.3 is 0 Å². The smallest absolute Gasteiger partial charge is 0.243 e. The number of benzene rings is 1. The Morgan fingerprint density at radius 2 is 2.42 bits per heavy atom. The lowest BCUT2D eigenvalue weighted by atomic mass is 10.0. The van der Waals surface area contributed by atoms with Crippen LogP contribution in [0.2, 0.25) is 5.02 Å². The number of nitrogens with one attached hydrogen (secondary N) is 2. The van der Waals surface area contributed by atoms with Crippen molar-refractivity contribution < 1.29 is 4.79 Å². The minimum absolute atomic E-state index is 0.00449. The van der Waals surface area contributed by atoms with E-state index < -0.39 is 0 Å². The van der Waals surface area contributed by atoms with Gasteiger partial charge in [0, 0.05) is 5.02 Å². The van der Waals surface area contributed by atoms with E-state index in [4.69, 9.17) is 11.6 Å². The van der Waals surface area contributed by atoms with Crippen LogP contribution < -0.4 is 10.6 Å². The fourth-order valence-corrected chi connectivity index (χ4v) is 3.47. The number of amides is 1. The summed E-state index contributed by atoms with van der Waals surface area (Å²) in [6.07, 6.45) is 1.04. The zero-order chi connectivity index (χ0) is 13.4. The molecule has 0 spiro atoms. The molecule has 3 rings (SSSR count). The van der Waals surface area contributed by atoms with Crippen LogP contribution in [0.15, 0.2) is 18.2 Å². The molecule has 1 fully saturated rings. The largest absolute Gasteiger partial charge is 0.306 e. The number of hydrogen-bond donors (Lipinski definition) is 2. The van der Waals surface area contributed by atoms with Crippen LogP contribution in [0.5, 0.6) is 0 Å². The van der Waals surface area contributed by atoms with Gasteiger partial charge in [0.2, 0.25) is 5.91 Å². The average molecular weight is 296 g/mol. The van der Waals surface area contributed by atoms with E-state index in [1.807, 2.05) is 12.1 Å². The Labute approximate surface area is 120 Å². The third-order valence-electron chi connectivity index (χ3n) is 3.40. The number of thiazole rings is 1. The molecule has 1 saturated heterocycles. The molecule has 0 aliphatic carbocycles. The molecule has 0 saturated carbocycles. The Morgan fingerprint density at radius 1 is 1.58 bits per heavy atom. The van der Waals surface area contributed by atoms with Crippen molar-refractivity contribution in [2.45, 2.75) is 19.4 Å². The van der Waals surface area contributed by atoms with Gasteiger partial charge in [-0.2, -0.15) is 0 Å². The fraction of sp³-hybridized carbons (Fsp3) is 0.385. The highest BCUT2D eigenvalue weighted by Gasteiger charge is 2.29. The Balaban J connectivity index is 1.79. The topological polar surface area (TPSA) is 54.0 Å². The van der Waals surface area contributed by atoms with Gasteiger partial charge in [0.25, 0.3) is 0 Å². The van der Waals surface area contributed by atoms with Gasteiger partial charge in [0.05, 0.1) is 16.3 Å². The van der Waals surface area contributed by atoms with Crippen LogP contribution in [-0.2, 0) is 4.79 Å². The van der Waals surface area contributed by atoms with Crippen molar-refractivity contribution in [2.24, 2.45) is 5.92 Å². The summed E-state index contributed by atoms with van der Waals surface area (Å²) in [6.45, 7) is 2.98. The van der Waals surface area contributed by atoms with Crippen molar-refractivity contribution in [1.29, 1.82) is 0 Å². The van der Waals surface area contributed by atoms with E-state index in [0.717, 1.165) is 23.2 Å². The van der Waals surface area contributed by atoms with Crippen molar-refractivity contribution in [3.8, 4) is 0 Å². The van der Waals surface area contributed by atoms with E-state index in [2.05, 4.69) is 22.5 Å². The number of carbonyl (C=O) groups is 1. The molecule has 1 amide bonds. The lowest BCUT2D eigenvalue weighted by Gasteiger charge is -2.13. The number of rotatable bonds is 2. The van der Waals surface area contributed by atoms with Gasteiger partial charge in [-0.3, -0.25) is 4.79 Å². The third kappa shape index (κ3) is 2.59. The summed E-state index contributed by atoms with van der Waals surface area (Å²) in [7, 11) is 0. The summed E-state index contributed by atoms with van der Waals surface area (Å²) in [5.41, 5.74) is 0.858. The number of nitrogens with zero attached hydrogens (tertiary/aromatic N) is 1. The molecular weight excluding hydrogens is 282 g/mol. The van der Waals surface area contributed by atoms with E-state index in [1.165, 1.54) is 11.3 Å². The Bertz CT molecular complexity index is 627. The molecule has 4 nitrogen and oxygen atoms in total. The van der Waals surface area contributed by atoms with Gasteiger partial charge in [-0.1, -0.05) is 29.9 Å². The van der Waals surface area contributed by atoms with E-state index >= 15 is 0 Å². The van der Waals surface area contributed by atoms with E-state index in [1.54, 1.807) is 6.07 Å². The Kier molecular flexibility index (Phi) is 3.43. The number of anilines is 1. The summed E-state index contributed by atoms with van der Waals surface area (Å²) in [5.74, 6) is 0.360. The van der Waals surface area contributed by atoms with Gasteiger partial charge < -0.3 is 10.6 Å². The second-order valence-corrected chi connectivity index (χ2v) is 6.29. The standard InChI is InChI=1S/C13H14ClN3OS/c1-7-4-5-15-11(7)12(18)17-13-16-9-3-2-8(14)6-10(9)19-13/h2-3,6-7,11,15H,4-5H2,1H3,(H,16,17,18). The van der Waals surface area contributed by atoms with Crippen LogP contribution in [0.1, 0.15) is 13.3 Å². The highest BCUT2D eigenvalue weighted by atomic mass is 35.5. The number of hydrogen-bond acceptors (Lipinski definition) is 4. The fourth-order valence-electron chi connectivity index (χ4n) is 2.32. The molecule has 2 aromatic rings. The van der Waals surface area contributed by atoms with Gasteiger partial charge in [-0.25, -0.2) is 4.98 Å². The SMILES string of the molecule is CC1CCNC1C(=O)Nc1nc2ccc(Cl)cc2s1. The first-order chi connectivity index (χ1) is 9.13. The Morgan fingerprint density at radius 3 is 3.16 bits per heavy atom. The zero-order valence-corrected chi connectivity index (χ0v) is 12.0. The molecule has 1 aromatic heterocycles. The average Bonchev–Trinajstić information content (AvgIpc) is 2.94. The third-order valence-corrected chi connectivity index (χ3v) is 4.56. The molecule has 2 atom stereocenters. The maximum absolute atomic E-state index is 12.1. The molecule has 1 aliphatic rings. The van der Waals surface area contributed by atoms with Crippen LogP contribution in [-0.4, -0.2) is 23.5 Å². The highest BCUT2D eigenvalue weighted by molar-refractivity contribution is 7.22. The molecule has 0 bridgehead atoms. The molecule has 0 radical (unpaired) electrons. The van der Waals surface area contributed by atoms with E-state index in [-0.39, 0.29) is 11.9 Å². The lowest BCUT2D eigenvalue weighted by Crippen LogP contribution is -2.39. The second kappa shape index (κ2) is 5.07. The van der Waals surface area contributed by atoms with E-state index in [9.17, 15) is 4.79 Å². The molecule has 2 N–H and O–H groups in total. The highest BCUT2D eigenvalue weighted by Crippen LogP contribution is 2.28. The van der Waals surface area contributed by atoms with Crippen LogP contribution >= 0.6 is 22.9 Å². The quantitative estimate of drug-likeness (QED) is 0.896. The predicted octanol–water partition coefficient (Wildman–Crippen LogP) is 2.89. The lowest BCUT2D eigenvalue weighted by molar-refractivity contribution is -0.118. The number of fused-ring (bicyclic) bond motifs is 1. The van der Waals surface area contributed by atoms with Crippen LogP contribution in [0.3, 0.4) is 0 Å². The van der Waals surface area contributed by atoms with Gasteiger partial charge in [-0.15, -0.1) is 0 Å². The van der Waals surface area contributed by atoms with Crippen molar-refractivity contribution in [3.63, 3.8) is 0 Å². The molecule has 2 unspecified atom stereocenters. The summed E-state index contributed by atoms with van der Waals surface area (Å²) in [6, 6.07) is 5.41. The normalized spacial score (nSPS) is 22.8. The van der Waals surface area contributed by atoms with Gasteiger partial charge in [-0.05, 0) is 37.1 Å². The van der Waals surface area contributed by atoms with Gasteiger partial charge in [0.1, 0.15) is 0 Å². The molecule has 19 heavy (non-hydrogen) atoms. The summed E-state index contributed by atoms with van der Waals surface area (Å²) < 4.78 is 0.982. The van der Waals surface area contributed by atoms with Crippen molar-refractivity contribution in [1.82, 2.24) is 10.3 Å². The minimum atomic E-state index is -0.115. The van der Waals surface area contributed by atoms with Crippen LogP contribution in [0.4, 0.5) is 5.13 Å². The second-order valence-electron chi connectivity index (χ2n) is 4.82. The molecule has 2 heterocycles. The van der Waals surface area contributed by atoms with Crippen molar-refractivity contribution in [3.05, 3.63) is 23.2 Å². The number of halogens is 1. The molecule has 1 aromatic carbocycles. The van der Waals surface area contributed by atoms with Gasteiger partial charge in [0.15, 0.2) is 5.13 Å². The monoisotopic (exact) mass is 295 g/mol. The number of aromatic nitrogens is 1. The maximum atomic E-state index is 12.1. The maximum Gasteiger partial charge on any atom is 0.243 e. The van der Waals surface area contributed by atoms with Crippen molar-refractivity contribution >= 4 is 44.2 Å². The molecule has 6 heteroatoms. The zero-order valence-electron chi connectivity index (χ0n) is 10.4. The summed E-state index contributed by atoms with van der Waals surface area (Å²) >= 11 is 7.38. The van der Waals surface area contributed by atoms with Crippen LogP contribution in [0.25, 0.3) is 10.2 Å². The molecular formula is C13H14ClN3OS. The predicted molar refractivity (Wildman–Crippen MR) is 78.8 cm³/mol. The minimum Gasteiger partial charge on any atom is -0.306 e. The molecule has 1 aliphatic heterocycles.